The molecule has 0 fully saturated rings. The predicted octanol–water partition coefficient (Wildman–Crippen LogP) is 0.959. The summed E-state index contributed by atoms with van der Waals surface area (Å²) in [5, 5.41) is 2.39. The third kappa shape index (κ3) is 3.71. The molecule has 0 aromatic heterocycles. The predicted molar refractivity (Wildman–Crippen MR) is 50.3 cm³/mol. The molecule has 3 amide bonds. The molecule has 0 saturated carbocycles. The average Bonchev–Trinajstić information content (AvgIpc) is 2.06. The van der Waals surface area contributed by atoms with Crippen LogP contribution in [0.15, 0.2) is 0 Å². The SMILES string of the molecule is CCN(CC)C(=O)NC(=O)CBr. The van der Waals surface area contributed by atoms with Crippen molar-refractivity contribution < 1.29 is 9.59 Å². The van der Waals surface area contributed by atoms with E-state index in [9.17, 15) is 9.59 Å². The van der Waals surface area contributed by atoms with Crippen LogP contribution in [0, 0.1) is 0 Å². The molecule has 0 heterocycles. The molecular formula is C7H13BrN2O2. The zero-order valence-corrected chi connectivity index (χ0v) is 8.85. The van der Waals surface area contributed by atoms with Crippen LogP contribution in [0.25, 0.3) is 0 Å². The lowest BCUT2D eigenvalue weighted by Gasteiger charge is -2.17. The molecule has 0 aromatic carbocycles. The highest BCUT2D eigenvalue weighted by Crippen LogP contribution is 1.88. The highest BCUT2D eigenvalue weighted by molar-refractivity contribution is 9.09. The quantitative estimate of drug-likeness (QED) is 0.743. The molecule has 0 aromatic rings. The van der Waals surface area contributed by atoms with E-state index in [1.165, 1.54) is 0 Å². The number of amides is 3. The van der Waals surface area contributed by atoms with Crippen LogP contribution in [0.2, 0.25) is 0 Å². The first-order chi connectivity index (χ1) is 5.65. The first-order valence-electron chi connectivity index (χ1n) is 3.80. The number of hydrogen-bond donors (Lipinski definition) is 1. The summed E-state index contributed by atoms with van der Waals surface area (Å²) in [6, 6.07) is -0.329. The topological polar surface area (TPSA) is 49.4 Å². The Labute approximate surface area is 80.4 Å². The minimum Gasteiger partial charge on any atom is -0.325 e. The van der Waals surface area contributed by atoms with Gasteiger partial charge < -0.3 is 4.90 Å². The highest BCUT2D eigenvalue weighted by atomic mass is 79.9. The van der Waals surface area contributed by atoms with Gasteiger partial charge in [-0.2, -0.15) is 0 Å². The van der Waals surface area contributed by atoms with E-state index in [1.54, 1.807) is 4.90 Å². The van der Waals surface area contributed by atoms with Crippen molar-refractivity contribution in [1.29, 1.82) is 0 Å². The van der Waals surface area contributed by atoms with Crippen LogP contribution in [-0.2, 0) is 4.79 Å². The van der Waals surface area contributed by atoms with E-state index in [2.05, 4.69) is 21.2 Å². The highest BCUT2D eigenvalue weighted by Gasteiger charge is 2.11. The summed E-state index contributed by atoms with van der Waals surface area (Å²) in [4.78, 5) is 23.4. The molecular weight excluding hydrogens is 224 g/mol. The number of carbonyl (C=O) groups is 2. The van der Waals surface area contributed by atoms with Gasteiger partial charge in [-0.05, 0) is 13.8 Å². The van der Waals surface area contributed by atoms with E-state index in [0.717, 1.165) is 0 Å². The van der Waals surface area contributed by atoms with Crippen LogP contribution in [0.5, 0.6) is 0 Å². The number of halogens is 1. The van der Waals surface area contributed by atoms with E-state index in [0.29, 0.717) is 13.1 Å². The first kappa shape index (κ1) is 11.4. The Bertz CT molecular complexity index is 169. The Morgan fingerprint density at radius 2 is 1.83 bits per heavy atom. The number of imide groups is 1. The normalized spacial score (nSPS) is 9.25. The lowest BCUT2D eigenvalue weighted by Crippen LogP contribution is -2.43. The van der Waals surface area contributed by atoms with Crippen molar-refractivity contribution in [2.45, 2.75) is 13.8 Å². The molecule has 0 aliphatic carbocycles. The molecule has 0 radical (unpaired) electrons. The Kier molecular flexibility index (Phi) is 5.70. The number of alkyl halides is 1. The zero-order chi connectivity index (χ0) is 9.56. The van der Waals surface area contributed by atoms with E-state index in [1.807, 2.05) is 13.8 Å². The Hall–Kier alpha value is -0.580. The minimum atomic E-state index is -0.329. The van der Waals surface area contributed by atoms with Gasteiger partial charge in [-0.15, -0.1) is 0 Å². The van der Waals surface area contributed by atoms with Crippen LogP contribution < -0.4 is 5.32 Å². The molecule has 0 aliphatic rings. The fraction of sp³-hybridized carbons (Fsp3) is 0.714. The van der Waals surface area contributed by atoms with E-state index < -0.39 is 0 Å². The van der Waals surface area contributed by atoms with Gasteiger partial charge in [-0.1, -0.05) is 15.9 Å². The fourth-order valence-electron chi connectivity index (χ4n) is 0.743. The molecule has 0 spiro atoms. The van der Waals surface area contributed by atoms with Gasteiger partial charge in [-0.25, -0.2) is 4.79 Å². The zero-order valence-electron chi connectivity index (χ0n) is 7.26. The Balaban J connectivity index is 3.92. The first-order valence-corrected chi connectivity index (χ1v) is 4.92. The van der Waals surface area contributed by atoms with Gasteiger partial charge in [0.05, 0.1) is 5.33 Å². The van der Waals surface area contributed by atoms with Gasteiger partial charge in [-0.3, -0.25) is 10.1 Å². The van der Waals surface area contributed by atoms with Crippen molar-refractivity contribution >= 4 is 27.9 Å². The van der Waals surface area contributed by atoms with Crippen molar-refractivity contribution in [3.8, 4) is 0 Å². The second-order valence-corrected chi connectivity index (χ2v) is 2.72. The van der Waals surface area contributed by atoms with Crippen LogP contribution in [0.4, 0.5) is 4.79 Å². The molecule has 1 N–H and O–H groups in total. The summed E-state index contributed by atoms with van der Waals surface area (Å²) in [6.45, 7) is 4.94. The standard InChI is InChI=1S/C7H13BrN2O2/c1-3-10(4-2)7(12)9-6(11)5-8/h3-5H2,1-2H3,(H,9,11,12). The van der Waals surface area contributed by atoms with Crippen LogP contribution in [-0.4, -0.2) is 35.3 Å². The molecule has 0 aliphatic heterocycles. The molecule has 0 bridgehead atoms. The number of nitrogens with one attached hydrogen (secondary N) is 1. The van der Waals surface area contributed by atoms with E-state index in [-0.39, 0.29) is 17.3 Å². The van der Waals surface area contributed by atoms with E-state index >= 15 is 0 Å². The van der Waals surface area contributed by atoms with Gasteiger partial charge in [0.15, 0.2) is 0 Å². The second-order valence-electron chi connectivity index (χ2n) is 2.16. The lowest BCUT2D eigenvalue weighted by atomic mass is 10.5. The molecule has 4 nitrogen and oxygen atoms in total. The molecule has 0 atom stereocenters. The number of carbonyl (C=O) groups excluding carboxylic acids is 2. The van der Waals surface area contributed by atoms with Gasteiger partial charge in [0.25, 0.3) is 0 Å². The summed E-state index contributed by atoms with van der Waals surface area (Å²) in [5.41, 5.74) is 0. The van der Waals surface area contributed by atoms with Crippen molar-refractivity contribution in [3.05, 3.63) is 0 Å². The van der Waals surface area contributed by atoms with Crippen molar-refractivity contribution in [1.82, 2.24) is 10.2 Å². The lowest BCUT2D eigenvalue weighted by molar-refractivity contribution is -0.117. The fourth-order valence-corrected chi connectivity index (χ4v) is 0.883. The van der Waals surface area contributed by atoms with Gasteiger partial charge in [0.2, 0.25) is 5.91 Å². The van der Waals surface area contributed by atoms with Crippen LogP contribution >= 0.6 is 15.9 Å². The number of hydrogen-bond acceptors (Lipinski definition) is 2. The van der Waals surface area contributed by atoms with Gasteiger partial charge >= 0.3 is 6.03 Å². The summed E-state index contributed by atoms with van der Waals surface area (Å²) < 4.78 is 0. The second kappa shape index (κ2) is 5.99. The number of nitrogens with zero attached hydrogens (tertiary/aromatic N) is 1. The maximum Gasteiger partial charge on any atom is 0.324 e. The Morgan fingerprint density at radius 3 is 2.17 bits per heavy atom. The third-order valence-electron chi connectivity index (χ3n) is 1.42. The van der Waals surface area contributed by atoms with Gasteiger partial charge in [0, 0.05) is 13.1 Å². The summed E-state index contributed by atoms with van der Waals surface area (Å²) in [6.07, 6.45) is 0. The summed E-state index contributed by atoms with van der Waals surface area (Å²) >= 11 is 2.95. The minimum absolute atomic E-state index is 0.153. The maximum atomic E-state index is 11.1. The summed E-state index contributed by atoms with van der Waals surface area (Å²) in [7, 11) is 0. The van der Waals surface area contributed by atoms with Crippen LogP contribution in [0.3, 0.4) is 0 Å². The molecule has 70 valence electrons. The molecule has 0 unspecified atom stereocenters. The number of urea groups is 1. The third-order valence-corrected chi connectivity index (χ3v) is 1.93. The maximum absolute atomic E-state index is 11.1. The van der Waals surface area contributed by atoms with Crippen molar-refractivity contribution in [2.75, 3.05) is 18.4 Å². The van der Waals surface area contributed by atoms with Crippen molar-refractivity contribution in [3.63, 3.8) is 0 Å². The molecule has 12 heavy (non-hydrogen) atoms. The van der Waals surface area contributed by atoms with Crippen LogP contribution in [0.1, 0.15) is 13.8 Å². The molecule has 0 saturated heterocycles. The van der Waals surface area contributed by atoms with Gasteiger partial charge in [0.1, 0.15) is 0 Å². The molecule has 0 rings (SSSR count). The smallest absolute Gasteiger partial charge is 0.324 e. The average molecular weight is 237 g/mol. The van der Waals surface area contributed by atoms with Crippen molar-refractivity contribution in [2.24, 2.45) is 0 Å². The van der Waals surface area contributed by atoms with E-state index in [4.69, 9.17) is 0 Å². The monoisotopic (exact) mass is 236 g/mol. The largest absolute Gasteiger partial charge is 0.325 e. The Morgan fingerprint density at radius 1 is 1.33 bits per heavy atom. The molecule has 5 heteroatoms. The number of rotatable bonds is 3. The summed E-state index contributed by atoms with van der Waals surface area (Å²) in [5.74, 6) is -0.313.